The quantitative estimate of drug-likeness (QED) is 0.640. The summed E-state index contributed by atoms with van der Waals surface area (Å²) in [5.41, 5.74) is -0.234. The van der Waals surface area contributed by atoms with Gasteiger partial charge in [-0.2, -0.15) is 13.2 Å². The summed E-state index contributed by atoms with van der Waals surface area (Å²) in [5.74, 6) is -2.46. The maximum Gasteiger partial charge on any atom is 0.454 e. The number of halogens is 4. The van der Waals surface area contributed by atoms with E-state index in [9.17, 15) is 22.4 Å². The van der Waals surface area contributed by atoms with Crippen molar-refractivity contribution < 1.29 is 27.1 Å². The van der Waals surface area contributed by atoms with Crippen LogP contribution in [0.1, 0.15) is 15.9 Å². The van der Waals surface area contributed by atoms with Crippen LogP contribution in [0, 0.1) is 5.82 Å². The molecule has 0 N–H and O–H groups in total. The molecular weight excluding hydrogens is 290 g/mol. The Morgan fingerprint density at radius 2 is 2.00 bits per heavy atom. The Bertz CT molecular complexity index is 661. The van der Waals surface area contributed by atoms with Gasteiger partial charge in [0.15, 0.2) is 11.6 Å². The van der Waals surface area contributed by atoms with Crippen LogP contribution in [0.4, 0.5) is 17.6 Å². The van der Waals surface area contributed by atoms with Gasteiger partial charge in [-0.25, -0.2) is 4.39 Å². The highest BCUT2D eigenvalue weighted by Gasteiger charge is 2.39. The van der Waals surface area contributed by atoms with Crippen LogP contribution in [0.3, 0.4) is 0 Å². The van der Waals surface area contributed by atoms with Crippen LogP contribution in [-0.2, 0) is 6.54 Å². The van der Waals surface area contributed by atoms with E-state index in [4.69, 9.17) is 4.74 Å². The highest BCUT2D eigenvalue weighted by molar-refractivity contribution is 6.00. The second-order valence-corrected chi connectivity index (χ2v) is 4.33. The zero-order chi connectivity index (χ0) is 15.6. The van der Waals surface area contributed by atoms with Crippen molar-refractivity contribution in [3.63, 3.8) is 0 Å². The third-order valence-electron chi connectivity index (χ3n) is 2.89. The third kappa shape index (κ3) is 3.24. The Morgan fingerprint density at radius 3 is 2.62 bits per heavy atom. The summed E-state index contributed by atoms with van der Waals surface area (Å²) in [6, 6.07) is 5.55. The fraction of sp³-hybridized carbons (Fsp3) is 0.214. The number of hydrogen-bond acceptors (Lipinski definition) is 2. The van der Waals surface area contributed by atoms with Crippen molar-refractivity contribution in [1.82, 2.24) is 4.57 Å². The Hall–Kier alpha value is -2.31. The van der Waals surface area contributed by atoms with Crippen molar-refractivity contribution in [2.24, 2.45) is 0 Å². The molecule has 21 heavy (non-hydrogen) atoms. The summed E-state index contributed by atoms with van der Waals surface area (Å²) in [4.78, 5) is 11.1. The zero-order valence-electron chi connectivity index (χ0n) is 10.9. The highest BCUT2D eigenvalue weighted by atomic mass is 19.4. The molecule has 0 unspecified atom stereocenters. The molecule has 2 rings (SSSR count). The first kappa shape index (κ1) is 15.1. The molecule has 0 atom stereocenters. The van der Waals surface area contributed by atoms with E-state index in [1.165, 1.54) is 30.0 Å². The number of ketones is 1. The van der Waals surface area contributed by atoms with Crippen molar-refractivity contribution in [3.05, 3.63) is 53.6 Å². The predicted octanol–water partition coefficient (Wildman–Crippen LogP) is 3.43. The number of benzene rings is 1. The van der Waals surface area contributed by atoms with Crippen LogP contribution in [-0.4, -0.2) is 23.6 Å². The van der Waals surface area contributed by atoms with Gasteiger partial charge >= 0.3 is 6.18 Å². The van der Waals surface area contributed by atoms with Gasteiger partial charge in [-0.15, -0.1) is 0 Å². The lowest BCUT2D eigenvalue weighted by Crippen LogP contribution is -2.22. The Morgan fingerprint density at radius 1 is 1.29 bits per heavy atom. The van der Waals surface area contributed by atoms with Gasteiger partial charge in [0.05, 0.1) is 13.7 Å². The lowest BCUT2D eigenvalue weighted by atomic mass is 10.2. The van der Waals surface area contributed by atoms with Crippen LogP contribution in [0.15, 0.2) is 36.7 Å². The van der Waals surface area contributed by atoms with E-state index in [2.05, 4.69) is 0 Å². The molecule has 2 aromatic rings. The number of aromatic nitrogens is 1. The van der Waals surface area contributed by atoms with E-state index in [0.717, 1.165) is 12.3 Å². The van der Waals surface area contributed by atoms with Gasteiger partial charge < -0.3 is 9.30 Å². The molecule has 112 valence electrons. The van der Waals surface area contributed by atoms with Crippen molar-refractivity contribution in [2.75, 3.05) is 7.11 Å². The summed E-state index contributed by atoms with van der Waals surface area (Å²) in [6.07, 6.45) is -2.60. The lowest BCUT2D eigenvalue weighted by Gasteiger charge is -2.08. The van der Waals surface area contributed by atoms with Crippen molar-refractivity contribution in [2.45, 2.75) is 12.7 Å². The molecule has 0 radical (unpaired) electrons. The molecule has 0 saturated heterocycles. The van der Waals surface area contributed by atoms with E-state index in [1.54, 1.807) is 6.07 Å². The minimum Gasteiger partial charge on any atom is -0.494 e. The van der Waals surface area contributed by atoms with Crippen molar-refractivity contribution in [3.8, 4) is 5.75 Å². The van der Waals surface area contributed by atoms with Gasteiger partial charge in [0, 0.05) is 23.5 Å². The molecule has 0 spiro atoms. The smallest absolute Gasteiger partial charge is 0.454 e. The number of ether oxygens (including phenoxy) is 1. The first-order valence-corrected chi connectivity index (χ1v) is 5.91. The third-order valence-corrected chi connectivity index (χ3v) is 2.89. The fourth-order valence-corrected chi connectivity index (χ4v) is 1.87. The van der Waals surface area contributed by atoms with Gasteiger partial charge in [0.1, 0.15) is 0 Å². The first-order chi connectivity index (χ1) is 9.82. The Kier molecular flexibility index (Phi) is 4.02. The van der Waals surface area contributed by atoms with Crippen LogP contribution in [0.25, 0.3) is 0 Å². The summed E-state index contributed by atoms with van der Waals surface area (Å²) in [7, 11) is 1.32. The second-order valence-electron chi connectivity index (χ2n) is 4.33. The summed E-state index contributed by atoms with van der Waals surface area (Å²) in [5, 5.41) is 0. The maximum absolute atomic E-state index is 13.9. The van der Waals surface area contributed by atoms with Crippen LogP contribution in [0.2, 0.25) is 0 Å². The number of rotatable bonds is 4. The van der Waals surface area contributed by atoms with Crippen LogP contribution < -0.4 is 4.74 Å². The zero-order valence-corrected chi connectivity index (χ0v) is 10.9. The van der Waals surface area contributed by atoms with Gasteiger partial charge in [-0.05, 0) is 12.1 Å². The Balaban J connectivity index is 2.23. The predicted molar refractivity (Wildman–Crippen MR) is 66.9 cm³/mol. The lowest BCUT2D eigenvalue weighted by molar-refractivity contribution is -0.0885. The number of carbonyl (C=O) groups excluding carboxylic acids is 1. The summed E-state index contributed by atoms with van der Waals surface area (Å²) in [6.45, 7) is -0.00578. The number of Topliss-reactive ketones (excluding diaryl/α,β-unsaturated/α-hetero) is 1. The minimum absolute atomic E-state index is 0.00578. The number of carbonyl (C=O) groups is 1. The first-order valence-electron chi connectivity index (χ1n) is 5.91. The average Bonchev–Trinajstić information content (AvgIpc) is 2.87. The number of nitrogens with zero attached hydrogens (tertiary/aromatic N) is 1. The van der Waals surface area contributed by atoms with Gasteiger partial charge in [-0.1, -0.05) is 12.1 Å². The fourth-order valence-electron chi connectivity index (χ4n) is 1.87. The summed E-state index contributed by atoms with van der Waals surface area (Å²) >= 11 is 0. The van der Waals surface area contributed by atoms with E-state index >= 15 is 0 Å². The van der Waals surface area contributed by atoms with E-state index < -0.39 is 23.3 Å². The van der Waals surface area contributed by atoms with Crippen LogP contribution >= 0.6 is 0 Å². The molecule has 0 aliphatic rings. The van der Waals surface area contributed by atoms with Crippen molar-refractivity contribution >= 4 is 5.78 Å². The Labute approximate surface area is 117 Å². The van der Waals surface area contributed by atoms with E-state index in [-0.39, 0.29) is 17.9 Å². The molecule has 0 aliphatic heterocycles. The molecule has 0 bridgehead atoms. The van der Waals surface area contributed by atoms with Crippen molar-refractivity contribution in [1.29, 1.82) is 0 Å². The molecular formula is C14H11F4NO2. The number of alkyl halides is 3. The van der Waals surface area contributed by atoms with Gasteiger partial charge in [0.25, 0.3) is 5.78 Å². The molecule has 0 saturated carbocycles. The molecule has 1 aromatic heterocycles. The van der Waals surface area contributed by atoms with Gasteiger partial charge in [0.2, 0.25) is 0 Å². The van der Waals surface area contributed by atoms with E-state index in [0.29, 0.717) is 0 Å². The molecule has 0 aliphatic carbocycles. The highest BCUT2D eigenvalue weighted by Crippen LogP contribution is 2.23. The summed E-state index contributed by atoms with van der Waals surface area (Å²) < 4.78 is 57.0. The largest absolute Gasteiger partial charge is 0.494 e. The molecule has 0 amide bonds. The SMILES string of the molecule is COc1cccc(Cn2ccc(C(=O)C(F)(F)F)c2)c1F. The molecule has 1 heterocycles. The monoisotopic (exact) mass is 301 g/mol. The average molecular weight is 301 g/mol. The number of hydrogen-bond donors (Lipinski definition) is 0. The second kappa shape index (κ2) is 5.59. The number of methoxy groups -OCH3 is 1. The topological polar surface area (TPSA) is 31.2 Å². The molecule has 3 nitrogen and oxygen atoms in total. The maximum atomic E-state index is 13.9. The minimum atomic E-state index is -4.92. The standard InChI is InChI=1S/C14H11F4NO2/c1-21-11-4-2-3-9(12(11)15)7-19-6-5-10(8-19)13(20)14(16,17)18/h2-6,8H,7H2,1H3. The van der Waals surface area contributed by atoms with Gasteiger partial charge in [-0.3, -0.25) is 4.79 Å². The van der Waals surface area contributed by atoms with E-state index in [1.807, 2.05) is 0 Å². The molecule has 0 fully saturated rings. The molecule has 1 aromatic carbocycles. The molecule has 7 heteroatoms. The normalized spacial score (nSPS) is 11.5. The van der Waals surface area contributed by atoms with Crippen LogP contribution in [0.5, 0.6) is 5.75 Å².